The first-order chi connectivity index (χ1) is 14.6. The van der Waals surface area contributed by atoms with Crippen LogP contribution in [0.2, 0.25) is 0 Å². The van der Waals surface area contributed by atoms with Crippen LogP contribution in [0.1, 0.15) is 36.1 Å². The van der Waals surface area contributed by atoms with Crippen molar-refractivity contribution in [1.29, 1.82) is 5.26 Å². The number of fused-ring (bicyclic) bond motifs is 1. The van der Waals surface area contributed by atoms with Crippen molar-refractivity contribution in [3.8, 4) is 34.7 Å². The van der Waals surface area contributed by atoms with Crippen LogP contribution in [0.5, 0.6) is 5.75 Å². The Balaban J connectivity index is 0.00000124. The van der Waals surface area contributed by atoms with Crippen LogP contribution in [0.25, 0.3) is 22.8 Å². The summed E-state index contributed by atoms with van der Waals surface area (Å²) in [6.07, 6.45) is 0.998. The van der Waals surface area contributed by atoms with Gasteiger partial charge in [0.05, 0.1) is 18.8 Å². The predicted molar refractivity (Wildman–Crippen MR) is 113 cm³/mol. The maximum atomic E-state index is 9.50. The van der Waals surface area contributed by atoms with Gasteiger partial charge in [0.1, 0.15) is 11.8 Å². The molecule has 3 aromatic rings. The van der Waals surface area contributed by atoms with Crippen LogP contribution in [-0.2, 0) is 13.0 Å². The zero-order chi connectivity index (χ0) is 21.7. The second kappa shape index (κ2) is 9.51. The summed E-state index contributed by atoms with van der Waals surface area (Å²) in [5.41, 5.74) is 6.02. The first-order valence-corrected chi connectivity index (χ1v) is 9.82. The Kier molecular flexibility index (Phi) is 6.80. The molecule has 0 unspecified atom stereocenters. The number of rotatable bonds is 4. The Morgan fingerprint density at radius 1 is 1.23 bits per heavy atom. The van der Waals surface area contributed by atoms with Crippen LogP contribution in [0.4, 0.5) is 4.39 Å². The Hall–Kier alpha value is -3.24. The van der Waals surface area contributed by atoms with E-state index in [9.17, 15) is 9.65 Å². The molecule has 4 rings (SSSR count). The summed E-state index contributed by atoms with van der Waals surface area (Å²) < 4.78 is 20.7. The van der Waals surface area contributed by atoms with Crippen LogP contribution >= 0.6 is 0 Å². The van der Waals surface area contributed by atoms with Gasteiger partial charge >= 0.3 is 0 Å². The normalized spacial score (nSPS) is 12.6. The van der Waals surface area contributed by atoms with Gasteiger partial charge in [0.25, 0.3) is 5.89 Å². The number of nitrogens with zero attached hydrogens (tertiary/aromatic N) is 3. The molecule has 2 heterocycles. The second-order valence-corrected chi connectivity index (χ2v) is 7.22. The van der Waals surface area contributed by atoms with E-state index >= 15 is 0 Å². The lowest BCUT2D eigenvalue weighted by atomic mass is 9.92. The molecule has 156 valence electrons. The van der Waals surface area contributed by atoms with Crippen molar-refractivity contribution in [3.05, 3.63) is 52.6 Å². The molecule has 1 aliphatic rings. The topological polar surface area (TPSA) is 84.0 Å². The molecule has 0 amide bonds. The lowest BCUT2D eigenvalue weighted by molar-refractivity contribution is 0.241. The third-order valence-electron chi connectivity index (χ3n) is 4.94. The van der Waals surface area contributed by atoms with Gasteiger partial charge in [-0.25, -0.2) is 0 Å². The zero-order valence-corrected chi connectivity index (χ0v) is 17.6. The van der Waals surface area contributed by atoms with E-state index in [4.69, 9.17) is 9.26 Å². The number of benzene rings is 2. The summed E-state index contributed by atoms with van der Waals surface area (Å²) in [4.78, 5) is 4.58. The number of alkyl halides is 1. The zero-order valence-electron chi connectivity index (χ0n) is 17.6. The van der Waals surface area contributed by atoms with Gasteiger partial charge in [-0.3, -0.25) is 4.39 Å². The average molecular weight is 408 g/mol. The molecule has 2 aromatic carbocycles. The molecule has 7 heteroatoms. The third kappa shape index (κ3) is 4.34. The Bertz CT molecular complexity index is 1070. The van der Waals surface area contributed by atoms with Gasteiger partial charge in [-0.1, -0.05) is 17.3 Å². The van der Waals surface area contributed by atoms with Crippen molar-refractivity contribution in [1.82, 2.24) is 15.5 Å². The van der Waals surface area contributed by atoms with Gasteiger partial charge in [0.15, 0.2) is 0 Å². The number of hydrogen-bond donors (Lipinski definition) is 1. The maximum Gasteiger partial charge on any atom is 0.258 e. The molecule has 0 atom stereocenters. The summed E-state index contributed by atoms with van der Waals surface area (Å²) in [5, 5.41) is 17.0. The van der Waals surface area contributed by atoms with E-state index in [1.807, 2.05) is 19.9 Å². The average Bonchev–Trinajstić information content (AvgIpc) is 3.25. The van der Waals surface area contributed by atoms with E-state index in [2.05, 4.69) is 40.6 Å². The number of ether oxygens (including phenoxy) is 1. The fourth-order valence-corrected chi connectivity index (χ4v) is 3.56. The minimum absolute atomic E-state index is 0.00450. The van der Waals surface area contributed by atoms with Crippen LogP contribution in [-0.4, -0.2) is 30.0 Å². The quantitative estimate of drug-likeness (QED) is 0.679. The van der Waals surface area contributed by atoms with E-state index in [-0.39, 0.29) is 6.10 Å². The van der Waals surface area contributed by atoms with E-state index < -0.39 is 0 Å². The molecule has 6 nitrogen and oxygen atoms in total. The van der Waals surface area contributed by atoms with Gasteiger partial charge in [0, 0.05) is 17.7 Å². The van der Waals surface area contributed by atoms with E-state index in [1.165, 1.54) is 16.7 Å². The first-order valence-electron chi connectivity index (χ1n) is 9.82. The first kappa shape index (κ1) is 21.5. The molecule has 0 spiro atoms. The van der Waals surface area contributed by atoms with Gasteiger partial charge in [0.2, 0.25) is 5.82 Å². The predicted octanol–water partition coefficient (Wildman–Crippen LogP) is 4.60. The van der Waals surface area contributed by atoms with Crippen LogP contribution < -0.4 is 10.1 Å². The molecule has 0 bridgehead atoms. The fourth-order valence-electron chi connectivity index (χ4n) is 3.56. The van der Waals surface area contributed by atoms with Gasteiger partial charge in [-0.15, -0.1) is 0 Å². The maximum absolute atomic E-state index is 9.50. The summed E-state index contributed by atoms with van der Waals surface area (Å²) in [6, 6.07) is 11.7. The summed E-state index contributed by atoms with van der Waals surface area (Å²) in [6.45, 7) is 7.85. The molecular formula is C23H25FN4O2. The molecule has 0 aliphatic carbocycles. The second-order valence-electron chi connectivity index (χ2n) is 7.22. The fraction of sp³-hybridized carbons (Fsp3) is 0.348. The van der Waals surface area contributed by atoms with Crippen molar-refractivity contribution in [2.45, 2.75) is 39.8 Å². The van der Waals surface area contributed by atoms with Gasteiger partial charge < -0.3 is 14.6 Å². The summed E-state index contributed by atoms with van der Waals surface area (Å²) in [7, 11) is 0.500. The third-order valence-corrected chi connectivity index (χ3v) is 4.94. The monoisotopic (exact) mass is 408 g/mol. The Morgan fingerprint density at radius 2 is 2.03 bits per heavy atom. The molecule has 0 fully saturated rings. The van der Waals surface area contributed by atoms with Crippen LogP contribution in [0.3, 0.4) is 0 Å². The molecule has 1 N–H and O–H groups in total. The van der Waals surface area contributed by atoms with Crippen molar-refractivity contribution in [2.24, 2.45) is 0 Å². The van der Waals surface area contributed by atoms with Crippen molar-refractivity contribution < 1.29 is 13.7 Å². The molecule has 1 aliphatic heterocycles. The molecule has 0 radical (unpaired) electrons. The molecule has 1 aromatic heterocycles. The Morgan fingerprint density at radius 3 is 2.77 bits per heavy atom. The van der Waals surface area contributed by atoms with E-state index in [1.54, 1.807) is 12.1 Å². The van der Waals surface area contributed by atoms with Crippen molar-refractivity contribution >= 4 is 0 Å². The number of aromatic nitrogens is 2. The number of nitrogens with one attached hydrogen (secondary N) is 1. The van der Waals surface area contributed by atoms with E-state index in [0.29, 0.717) is 35.8 Å². The van der Waals surface area contributed by atoms with Crippen molar-refractivity contribution in [2.75, 3.05) is 13.7 Å². The van der Waals surface area contributed by atoms with Crippen molar-refractivity contribution in [3.63, 3.8) is 0 Å². The summed E-state index contributed by atoms with van der Waals surface area (Å²) >= 11 is 0. The molecule has 30 heavy (non-hydrogen) atoms. The standard InChI is InChI=1S/C22H22N4O2.CH3F/c1-13(2)27-20-7-5-15(10-17(20)11-23)22-25-21(26-28-22)19-6-4-16-12-24-9-8-18(16)14(19)3;1-2/h4-7,10,13,24H,8-9,12H2,1-3H3;1H3. The van der Waals surface area contributed by atoms with E-state index in [0.717, 1.165) is 25.1 Å². The van der Waals surface area contributed by atoms with Crippen LogP contribution in [0.15, 0.2) is 34.9 Å². The molecule has 0 saturated heterocycles. The van der Waals surface area contributed by atoms with Gasteiger partial charge in [-0.2, -0.15) is 10.2 Å². The lowest BCUT2D eigenvalue weighted by Crippen LogP contribution is -2.24. The Labute approximate surface area is 175 Å². The minimum Gasteiger partial charge on any atom is -0.490 e. The highest BCUT2D eigenvalue weighted by Gasteiger charge is 2.19. The largest absolute Gasteiger partial charge is 0.490 e. The number of halogens is 1. The smallest absolute Gasteiger partial charge is 0.258 e. The molecular weight excluding hydrogens is 383 g/mol. The highest BCUT2D eigenvalue weighted by Crippen LogP contribution is 2.31. The molecule has 0 saturated carbocycles. The van der Waals surface area contributed by atoms with Gasteiger partial charge in [-0.05, 0) is 68.6 Å². The number of nitriles is 1. The minimum atomic E-state index is -0.00450. The summed E-state index contributed by atoms with van der Waals surface area (Å²) in [5.74, 6) is 1.51. The number of hydrogen-bond acceptors (Lipinski definition) is 6. The lowest BCUT2D eigenvalue weighted by Gasteiger charge is -2.20. The highest BCUT2D eigenvalue weighted by molar-refractivity contribution is 5.66. The SMILES string of the molecule is CF.Cc1c(-c2noc(-c3ccc(OC(C)C)c(C#N)c3)n2)ccc2c1CCNC2. The highest BCUT2D eigenvalue weighted by atomic mass is 19.1. The van der Waals surface area contributed by atoms with Crippen LogP contribution in [0, 0.1) is 18.3 Å².